The van der Waals surface area contributed by atoms with E-state index in [0.29, 0.717) is 0 Å². The summed E-state index contributed by atoms with van der Waals surface area (Å²) in [5.41, 5.74) is -1.17. The molecule has 1 aliphatic rings. The average molecular weight is 383 g/mol. The van der Waals surface area contributed by atoms with Crippen LogP contribution in [0, 0.1) is 0 Å². The maximum atomic E-state index is 12.7. The van der Waals surface area contributed by atoms with E-state index >= 15 is 0 Å². The van der Waals surface area contributed by atoms with Crippen LogP contribution in [0.5, 0.6) is 0 Å². The summed E-state index contributed by atoms with van der Waals surface area (Å²) in [5, 5.41) is 7.82. The molecule has 0 aromatic rings. The molecule has 1 rings (SSSR count). The van der Waals surface area contributed by atoms with Crippen LogP contribution < -0.4 is 16.0 Å². The molecule has 0 aromatic heterocycles. The summed E-state index contributed by atoms with van der Waals surface area (Å²) >= 11 is 0. The van der Waals surface area contributed by atoms with Crippen LogP contribution in [0.3, 0.4) is 0 Å². The molecule has 1 fully saturated rings. The summed E-state index contributed by atoms with van der Waals surface area (Å²) in [6.07, 6.45) is 0.0370. The van der Waals surface area contributed by atoms with Crippen LogP contribution in [-0.2, 0) is 24.0 Å². The Kier molecular flexibility index (Phi) is 8.20. The minimum Gasteiger partial charge on any atom is -0.354 e. The second kappa shape index (κ2) is 9.89. The molecule has 1 saturated heterocycles. The molecular weight excluding hydrogens is 354 g/mol. The van der Waals surface area contributed by atoms with Gasteiger partial charge in [-0.15, -0.1) is 0 Å². The SMILES string of the molecule is CN1CC(=O)NCCC(=O)NCCNC(=O)CCC(=O)N(C)C(C)(C)C1=O. The Morgan fingerprint density at radius 1 is 0.741 bits per heavy atom. The van der Waals surface area contributed by atoms with Crippen molar-refractivity contribution in [2.45, 2.75) is 38.6 Å². The van der Waals surface area contributed by atoms with Crippen LogP contribution in [-0.4, -0.2) is 85.1 Å². The molecule has 1 heterocycles. The Morgan fingerprint density at radius 3 is 1.85 bits per heavy atom. The second-order valence-corrected chi connectivity index (χ2v) is 6.97. The van der Waals surface area contributed by atoms with Crippen molar-refractivity contribution in [2.75, 3.05) is 40.3 Å². The Bertz CT molecular complexity index is 605. The van der Waals surface area contributed by atoms with Gasteiger partial charge in [0, 0.05) is 53.0 Å². The van der Waals surface area contributed by atoms with E-state index < -0.39 is 17.4 Å². The Hall–Kier alpha value is -2.65. The summed E-state index contributed by atoms with van der Waals surface area (Å²) in [4.78, 5) is 63.0. The van der Waals surface area contributed by atoms with Gasteiger partial charge in [-0.05, 0) is 13.8 Å². The van der Waals surface area contributed by atoms with Gasteiger partial charge in [0.1, 0.15) is 5.54 Å². The van der Waals surface area contributed by atoms with Gasteiger partial charge in [0.05, 0.1) is 6.54 Å². The lowest BCUT2D eigenvalue weighted by atomic mass is 10.0. The second-order valence-electron chi connectivity index (χ2n) is 6.97. The predicted molar refractivity (Wildman–Crippen MR) is 97.4 cm³/mol. The van der Waals surface area contributed by atoms with Crippen molar-refractivity contribution in [3.63, 3.8) is 0 Å². The van der Waals surface area contributed by atoms with Crippen molar-refractivity contribution in [2.24, 2.45) is 0 Å². The summed E-state index contributed by atoms with van der Waals surface area (Å²) < 4.78 is 0. The van der Waals surface area contributed by atoms with Crippen molar-refractivity contribution in [1.29, 1.82) is 0 Å². The lowest BCUT2D eigenvalue weighted by Crippen LogP contribution is -2.57. The third-order valence-corrected chi connectivity index (χ3v) is 4.47. The molecule has 10 nitrogen and oxygen atoms in total. The number of likely N-dealkylation sites (N-methyl/N-ethyl adjacent to an activating group) is 2. The molecule has 3 N–H and O–H groups in total. The van der Waals surface area contributed by atoms with E-state index in [2.05, 4.69) is 16.0 Å². The van der Waals surface area contributed by atoms with E-state index in [0.717, 1.165) is 0 Å². The van der Waals surface area contributed by atoms with Crippen molar-refractivity contribution in [3.8, 4) is 0 Å². The molecule has 0 bridgehead atoms. The number of hydrogen-bond donors (Lipinski definition) is 3. The largest absolute Gasteiger partial charge is 0.354 e. The zero-order valence-electron chi connectivity index (χ0n) is 16.4. The third-order valence-electron chi connectivity index (χ3n) is 4.47. The first-order valence-electron chi connectivity index (χ1n) is 8.88. The third kappa shape index (κ3) is 6.87. The molecule has 27 heavy (non-hydrogen) atoms. The van der Waals surface area contributed by atoms with Crippen molar-refractivity contribution >= 4 is 29.5 Å². The van der Waals surface area contributed by atoms with Gasteiger partial charge < -0.3 is 25.8 Å². The fraction of sp³-hybridized carbons (Fsp3) is 0.706. The van der Waals surface area contributed by atoms with E-state index in [9.17, 15) is 24.0 Å². The highest BCUT2D eigenvalue weighted by atomic mass is 16.2. The van der Waals surface area contributed by atoms with Crippen LogP contribution in [0.1, 0.15) is 33.1 Å². The topological polar surface area (TPSA) is 128 Å². The van der Waals surface area contributed by atoms with Gasteiger partial charge in [-0.3, -0.25) is 24.0 Å². The highest BCUT2D eigenvalue weighted by Crippen LogP contribution is 2.17. The Labute approximate surface area is 159 Å². The lowest BCUT2D eigenvalue weighted by molar-refractivity contribution is -0.150. The van der Waals surface area contributed by atoms with Gasteiger partial charge in [0.25, 0.3) is 0 Å². The van der Waals surface area contributed by atoms with Crippen LogP contribution in [0.15, 0.2) is 0 Å². The summed E-state index contributed by atoms with van der Waals surface area (Å²) in [6, 6.07) is 0. The Balaban J connectivity index is 2.87. The van der Waals surface area contributed by atoms with E-state index in [-0.39, 0.29) is 63.2 Å². The van der Waals surface area contributed by atoms with Crippen LogP contribution in [0.2, 0.25) is 0 Å². The molecule has 0 aromatic carbocycles. The zero-order chi connectivity index (χ0) is 20.6. The van der Waals surface area contributed by atoms with Crippen LogP contribution in [0.4, 0.5) is 0 Å². The Morgan fingerprint density at radius 2 is 1.26 bits per heavy atom. The van der Waals surface area contributed by atoms with Crippen LogP contribution >= 0.6 is 0 Å². The van der Waals surface area contributed by atoms with E-state index in [1.54, 1.807) is 13.8 Å². The van der Waals surface area contributed by atoms with Crippen LogP contribution in [0.25, 0.3) is 0 Å². The fourth-order valence-electron chi connectivity index (χ4n) is 2.55. The first kappa shape index (κ1) is 22.4. The number of nitrogens with zero attached hydrogens (tertiary/aromatic N) is 2. The molecule has 0 radical (unpaired) electrons. The van der Waals surface area contributed by atoms with E-state index in [4.69, 9.17) is 0 Å². The average Bonchev–Trinajstić information content (AvgIpc) is 2.60. The summed E-state index contributed by atoms with van der Waals surface area (Å²) in [7, 11) is 2.97. The van der Waals surface area contributed by atoms with Crippen molar-refractivity contribution in [3.05, 3.63) is 0 Å². The van der Waals surface area contributed by atoms with Crippen molar-refractivity contribution < 1.29 is 24.0 Å². The van der Waals surface area contributed by atoms with Gasteiger partial charge in [0.2, 0.25) is 29.5 Å². The molecule has 10 heteroatoms. The number of nitrogens with one attached hydrogen (secondary N) is 3. The molecular formula is C17H29N5O5. The minimum absolute atomic E-state index is 0.0143. The number of rotatable bonds is 0. The maximum absolute atomic E-state index is 12.7. The van der Waals surface area contributed by atoms with E-state index in [1.165, 1.54) is 23.9 Å². The van der Waals surface area contributed by atoms with Gasteiger partial charge in [-0.2, -0.15) is 0 Å². The molecule has 0 aliphatic carbocycles. The van der Waals surface area contributed by atoms with Gasteiger partial charge >= 0.3 is 0 Å². The molecule has 5 amide bonds. The molecule has 152 valence electrons. The maximum Gasteiger partial charge on any atom is 0.248 e. The molecule has 0 spiro atoms. The zero-order valence-corrected chi connectivity index (χ0v) is 16.4. The summed E-state index contributed by atoms with van der Waals surface area (Å²) in [5.74, 6) is -1.71. The molecule has 0 atom stereocenters. The van der Waals surface area contributed by atoms with Gasteiger partial charge in [0.15, 0.2) is 0 Å². The molecule has 0 saturated carbocycles. The number of carbonyl (C=O) groups excluding carboxylic acids is 5. The fourth-order valence-corrected chi connectivity index (χ4v) is 2.55. The molecule has 0 unspecified atom stereocenters. The highest BCUT2D eigenvalue weighted by molar-refractivity contribution is 5.93. The minimum atomic E-state index is -1.17. The predicted octanol–water partition coefficient (Wildman–Crippen LogP) is -1.79. The van der Waals surface area contributed by atoms with E-state index in [1.807, 2.05) is 0 Å². The first-order chi connectivity index (χ1) is 12.6. The number of amides is 5. The standard InChI is InChI=1S/C17H29N5O5/c1-17(2)16(27)21(3)11-14(25)18-8-7-13(24)20-10-9-19-12(23)5-6-15(26)22(17)4/h5-11H2,1-4H3,(H,18,25)(H,19,23)(H,20,24). The van der Waals surface area contributed by atoms with Gasteiger partial charge in [-0.1, -0.05) is 0 Å². The molecule has 1 aliphatic heterocycles. The monoisotopic (exact) mass is 383 g/mol. The summed E-state index contributed by atoms with van der Waals surface area (Å²) in [6.45, 7) is 3.64. The van der Waals surface area contributed by atoms with Gasteiger partial charge in [-0.25, -0.2) is 0 Å². The quantitative estimate of drug-likeness (QED) is 0.455. The van der Waals surface area contributed by atoms with Crippen molar-refractivity contribution in [1.82, 2.24) is 25.8 Å². The normalized spacial score (nSPS) is 21.7. The lowest BCUT2D eigenvalue weighted by Gasteiger charge is -2.37. The first-order valence-corrected chi connectivity index (χ1v) is 8.88. The highest BCUT2D eigenvalue weighted by Gasteiger charge is 2.37. The smallest absolute Gasteiger partial charge is 0.248 e. The number of carbonyl (C=O) groups is 5. The number of hydrogen-bond acceptors (Lipinski definition) is 5.